The second kappa shape index (κ2) is 6.90. The van der Waals surface area contributed by atoms with Crippen LogP contribution in [0.5, 0.6) is 0 Å². The molecule has 0 radical (unpaired) electrons. The Morgan fingerprint density at radius 2 is 1.83 bits per heavy atom. The standard InChI is InChI=1S/C16H20O2/c1-12(2)5-4-6-13(3)7-8-14-11-15(17)9-10-16(14)18/h5,7,9-11H,4,6,8H2,1-3H3/b13-7+. The first-order chi connectivity index (χ1) is 8.49. The van der Waals surface area contributed by atoms with Crippen molar-refractivity contribution < 1.29 is 9.59 Å². The molecule has 2 heteroatoms. The molecular weight excluding hydrogens is 224 g/mol. The van der Waals surface area contributed by atoms with Crippen LogP contribution in [0.2, 0.25) is 0 Å². The molecule has 0 aromatic heterocycles. The summed E-state index contributed by atoms with van der Waals surface area (Å²) in [5.74, 6) is -0.150. The van der Waals surface area contributed by atoms with E-state index >= 15 is 0 Å². The van der Waals surface area contributed by atoms with Crippen LogP contribution in [0.1, 0.15) is 40.0 Å². The Labute approximate surface area is 109 Å². The summed E-state index contributed by atoms with van der Waals surface area (Å²) in [5.41, 5.74) is 3.16. The van der Waals surface area contributed by atoms with E-state index < -0.39 is 0 Å². The molecule has 0 N–H and O–H groups in total. The van der Waals surface area contributed by atoms with Gasteiger partial charge in [0.15, 0.2) is 11.6 Å². The summed E-state index contributed by atoms with van der Waals surface area (Å²) in [4.78, 5) is 22.7. The Kier molecular flexibility index (Phi) is 5.50. The predicted octanol–water partition coefficient (Wildman–Crippen LogP) is 3.70. The second-order valence-corrected chi connectivity index (χ2v) is 4.84. The highest BCUT2D eigenvalue weighted by Gasteiger charge is 2.11. The van der Waals surface area contributed by atoms with E-state index in [-0.39, 0.29) is 11.6 Å². The molecule has 0 saturated heterocycles. The molecule has 0 spiro atoms. The Balaban J connectivity index is 2.50. The third kappa shape index (κ3) is 5.09. The van der Waals surface area contributed by atoms with Crippen LogP contribution in [0.3, 0.4) is 0 Å². The van der Waals surface area contributed by atoms with Gasteiger partial charge in [-0.05, 0) is 58.3 Å². The zero-order valence-electron chi connectivity index (χ0n) is 11.3. The topological polar surface area (TPSA) is 34.1 Å². The van der Waals surface area contributed by atoms with Crippen LogP contribution >= 0.6 is 0 Å². The molecule has 0 fully saturated rings. The molecule has 18 heavy (non-hydrogen) atoms. The molecule has 0 aliphatic heterocycles. The lowest BCUT2D eigenvalue weighted by Crippen LogP contribution is -2.06. The van der Waals surface area contributed by atoms with Gasteiger partial charge in [0, 0.05) is 5.57 Å². The summed E-state index contributed by atoms with van der Waals surface area (Å²) in [6, 6.07) is 0. The van der Waals surface area contributed by atoms with E-state index in [1.165, 1.54) is 29.4 Å². The number of rotatable bonds is 5. The van der Waals surface area contributed by atoms with Crippen molar-refractivity contribution in [1.29, 1.82) is 0 Å². The number of hydrogen-bond donors (Lipinski definition) is 0. The van der Waals surface area contributed by atoms with Crippen LogP contribution in [0.4, 0.5) is 0 Å². The maximum Gasteiger partial charge on any atom is 0.182 e. The van der Waals surface area contributed by atoms with Crippen molar-refractivity contribution in [2.45, 2.75) is 40.0 Å². The first-order valence-corrected chi connectivity index (χ1v) is 6.25. The number of allylic oxidation sites excluding steroid dienone is 8. The average molecular weight is 244 g/mol. The first kappa shape index (κ1) is 14.4. The van der Waals surface area contributed by atoms with Gasteiger partial charge in [0.05, 0.1) is 0 Å². The molecule has 2 nitrogen and oxygen atoms in total. The Morgan fingerprint density at radius 1 is 1.11 bits per heavy atom. The summed E-state index contributed by atoms with van der Waals surface area (Å²) < 4.78 is 0. The molecule has 0 amide bonds. The Morgan fingerprint density at radius 3 is 2.50 bits per heavy atom. The molecule has 0 aromatic carbocycles. The van der Waals surface area contributed by atoms with Crippen molar-refractivity contribution in [2.75, 3.05) is 0 Å². The van der Waals surface area contributed by atoms with Crippen LogP contribution in [0.15, 0.2) is 47.1 Å². The number of carbonyl (C=O) groups is 2. The molecule has 0 saturated carbocycles. The van der Waals surface area contributed by atoms with Crippen molar-refractivity contribution in [3.05, 3.63) is 47.1 Å². The molecule has 0 bridgehead atoms. The van der Waals surface area contributed by atoms with E-state index in [1.807, 2.05) is 6.08 Å². The fourth-order valence-corrected chi connectivity index (χ4v) is 1.69. The van der Waals surface area contributed by atoms with Crippen molar-refractivity contribution in [3.8, 4) is 0 Å². The highest BCUT2D eigenvalue weighted by Crippen LogP contribution is 2.14. The van der Waals surface area contributed by atoms with Crippen molar-refractivity contribution in [1.82, 2.24) is 0 Å². The van der Waals surface area contributed by atoms with Gasteiger partial charge in [-0.2, -0.15) is 0 Å². The van der Waals surface area contributed by atoms with Gasteiger partial charge < -0.3 is 0 Å². The Bertz CT molecular complexity index is 455. The lowest BCUT2D eigenvalue weighted by molar-refractivity contribution is -0.114. The highest BCUT2D eigenvalue weighted by atomic mass is 16.1. The molecule has 0 unspecified atom stereocenters. The largest absolute Gasteiger partial charge is 0.290 e. The van der Waals surface area contributed by atoms with E-state index in [1.54, 1.807) is 0 Å². The minimum atomic E-state index is -0.0970. The molecule has 1 rings (SSSR count). The van der Waals surface area contributed by atoms with E-state index in [4.69, 9.17) is 0 Å². The maximum atomic E-state index is 11.5. The summed E-state index contributed by atoms with van der Waals surface area (Å²) in [6.07, 6.45) is 10.9. The molecule has 1 aliphatic carbocycles. The van der Waals surface area contributed by atoms with Crippen molar-refractivity contribution in [2.24, 2.45) is 0 Å². The third-order valence-electron chi connectivity index (χ3n) is 2.79. The van der Waals surface area contributed by atoms with Gasteiger partial charge in [-0.15, -0.1) is 0 Å². The fourth-order valence-electron chi connectivity index (χ4n) is 1.69. The summed E-state index contributed by atoms with van der Waals surface area (Å²) >= 11 is 0. The summed E-state index contributed by atoms with van der Waals surface area (Å²) in [6.45, 7) is 6.23. The molecule has 0 atom stereocenters. The lowest BCUT2D eigenvalue weighted by Gasteiger charge is -2.05. The van der Waals surface area contributed by atoms with Crippen LogP contribution in [-0.2, 0) is 9.59 Å². The minimum Gasteiger partial charge on any atom is -0.290 e. The molecule has 0 aromatic rings. The van der Waals surface area contributed by atoms with E-state index in [0.717, 1.165) is 12.8 Å². The van der Waals surface area contributed by atoms with Crippen molar-refractivity contribution >= 4 is 11.6 Å². The predicted molar refractivity (Wildman–Crippen MR) is 74.3 cm³/mol. The molecule has 96 valence electrons. The van der Waals surface area contributed by atoms with Crippen LogP contribution in [0.25, 0.3) is 0 Å². The van der Waals surface area contributed by atoms with Gasteiger partial charge >= 0.3 is 0 Å². The van der Waals surface area contributed by atoms with Crippen molar-refractivity contribution in [3.63, 3.8) is 0 Å². The zero-order chi connectivity index (χ0) is 13.5. The van der Waals surface area contributed by atoms with Gasteiger partial charge in [0.25, 0.3) is 0 Å². The maximum absolute atomic E-state index is 11.5. The Hall–Kier alpha value is -1.70. The van der Waals surface area contributed by atoms with Crippen LogP contribution in [-0.4, -0.2) is 11.6 Å². The van der Waals surface area contributed by atoms with E-state index in [0.29, 0.717) is 12.0 Å². The van der Waals surface area contributed by atoms with E-state index in [2.05, 4.69) is 26.8 Å². The smallest absolute Gasteiger partial charge is 0.182 e. The molecule has 0 heterocycles. The zero-order valence-corrected chi connectivity index (χ0v) is 11.3. The van der Waals surface area contributed by atoms with Gasteiger partial charge in [-0.25, -0.2) is 0 Å². The third-order valence-corrected chi connectivity index (χ3v) is 2.79. The summed E-state index contributed by atoms with van der Waals surface area (Å²) in [5, 5.41) is 0. The number of hydrogen-bond acceptors (Lipinski definition) is 2. The van der Waals surface area contributed by atoms with Crippen LogP contribution in [0, 0.1) is 0 Å². The van der Waals surface area contributed by atoms with Gasteiger partial charge in [-0.3, -0.25) is 9.59 Å². The SMILES string of the molecule is CC(C)=CCC/C(C)=C/CC1=CC(=O)C=CC1=O. The summed E-state index contributed by atoms with van der Waals surface area (Å²) in [7, 11) is 0. The molecular formula is C16H20O2. The van der Waals surface area contributed by atoms with Gasteiger partial charge in [0.1, 0.15) is 0 Å². The van der Waals surface area contributed by atoms with E-state index in [9.17, 15) is 9.59 Å². The number of ketones is 2. The minimum absolute atomic E-state index is 0.0528. The average Bonchev–Trinajstić information content (AvgIpc) is 2.30. The quantitative estimate of drug-likeness (QED) is 0.546. The first-order valence-electron chi connectivity index (χ1n) is 6.25. The van der Waals surface area contributed by atoms with Gasteiger partial charge in [0.2, 0.25) is 0 Å². The normalized spacial score (nSPS) is 15.7. The fraction of sp³-hybridized carbons (Fsp3) is 0.375. The highest BCUT2D eigenvalue weighted by molar-refractivity contribution is 6.17. The monoisotopic (exact) mass is 244 g/mol. The lowest BCUT2D eigenvalue weighted by atomic mass is 9.99. The number of carbonyl (C=O) groups excluding carboxylic acids is 2. The van der Waals surface area contributed by atoms with Crippen LogP contribution < -0.4 is 0 Å². The van der Waals surface area contributed by atoms with Gasteiger partial charge in [-0.1, -0.05) is 23.3 Å². The molecule has 1 aliphatic rings. The second-order valence-electron chi connectivity index (χ2n) is 4.84.